The van der Waals surface area contributed by atoms with Gasteiger partial charge in [0.15, 0.2) is 0 Å². The number of carboxylic acids is 1. The van der Waals surface area contributed by atoms with E-state index in [9.17, 15) is 23.5 Å². The summed E-state index contributed by atoms with van der Waals surface area (Å²) in [4.78, 5) is 23.4. The van der Waals surface area contributed by atoms with Crippen molar-refractivity contribution in [2.45, 2.75) is 102 Å². The van der Waals surface area contributed by atoms with Crippen LogP contribution in [0, 0.1) is 11.6 Å². The molecule has 1 aliphatic rings. The van der Waals surface area contributed by atoms with Gasteiger partial charge in [0.05, 0.1) is 12.1 Å². The second-order valence-corrected chi connectivity index (χ2v) is 11.8. The Labute approximate surface area is 230 Å². The molecule has 3 rings (SSSR count). The summed E-state index contributed by atoms with van der Waals surface area (Å²) in [6.45, 7) is 6.69. The first-order valence-corrected chi connectivity index (χ1v) is 13.9. The zero-order valence-corrected chi connectivity index (χ0v) is 23.2. The van der Waals surface area contributed by atoms with Gasteiger partial charge in [-0.25, -0.2) is 8.78 Å². The van der Waals surface area contributed by atoms with Crippen LogP contribution < -0.4 is 10.6 Å². The minimum atomic E-state index is -1.05. The molecule has 1 amide bonds. The highest BCUT2D eigenvalue weighted by molar-refractivity contribution is 5.77. The zero-order valence-electron chi connectivity index (χ0n) is 23.2. The third-order valence-corrected chi connectivity index (χ3v) is 7.62. The quantitative estimate of drug-likeness (QED) is 0.289. The van der Waals surface area contributed by atoms with Gasteiger partial charge in [0.25, 0.3) is 0 Å². The smallest absolute Gasteiger partial charge is 0.303 e. The first-order valence-electron chi connectivity index (χ1n) is 13.9. The number of hydrogen-bond donors (Lipinski definition) is 4. The molecule has 2 aromatic rings. The number of amides is 1. The number of nitrogens with one attached hydrogen (secondary N) is 2. The van der Waals surface area contributed by atoms with Crippen LogP contribution in [0.5, 0.6) is 0 Å². The highest BCUT2D eigenvalue weighted by Crippen LogP contribution is 2.38. The van der Waals surface area contributed by atoms with Crippen molar-refractivity contribution >= 4 is 11.9 Å². The molecular formula is C31H42F2N2O4. The predicted molar refractivity (Wildman–Crippen MR) is 147 cm³/mol. The van der Waals surface area contributed by atoms with E-state index in [0.29, 0.717) is 5.56 Å². The van der Waals surface area contributed by atoms with Crippen LogP contribution in [0.1, 0.15) is 88.8 Å². The van der Waals surface area contributed by atoms with Crippen LogP contribution in [0.4, 0.5) is 8.78 Å². The molecule has 0 bridgehead atoms. The van der Waals surface area contributed by atoms with Gasteiger partial charge in [0.2, 0.25) is 5.91 Å². The van der Waals surface area contributed by atoms with E-state index in [1.165, 1.54) is 23.3 Å². The Morgan fingerprint density at radius 1 is 1.00 bits per heavy atom. The Balaban J connectivity index is 1.80. The van der Waals surface area contributed by atoms with Gasteiger partial charge in [-0.15, -0.1) is 0 Å². The molecule has 0 aliphatic heterocycles. The van der Waals surface area contributed by atoms with E-state index in [1.807, 2.05) is 0 Å². The van der Waals surface area contributed by atoms with Gasteiger partial charge < -0.3 is 20.8 Å². The molecule has 39 heavy (non-hydrogen) atoms. The van der Waals surface area contributed by atoms with E-state index in [4.69, 9.17) is 5.11 Å². The van der Waals surface area contributed by atoms with E-state index in [0.717, 1.165) is 38.2 Å². The number of carbonyl (C=O) groups excluding carboxylic acids is 1. The highest BCUT2D eigenvalue weighted by Gasteiger charge is 2.35. The van der Waals surface area contributed by atoms with Gasteiger partial charge in [-0.1, -0.05) is 64.3 Å². The summed E-state index contributed by atoms with van der Waals surface area (Å²) in [5.74, 6) is -2.87. The maximum absolute atomic E-state index is 13.9. The van der Waals surface area contributed by atoms with Gasteiger partial charge in [-0.2, -0.15) is 0 Å². The number of rotatable bonds is 12. The fraction of sp³-hybridized carbons (Fsp3) is 0.548. The lowest BCUT2D eigenvalue weighted by Crippen LogP contribution is -2.53. The summed E-state index contributed by atoms with van der Waals surface area (Å²) in [6, 6.07) is 10.9. The van der Waals surface area contributed by atoms with Crippen LogP contribution in [0.2, 0.25) is 0 Å². The summed E-state index contributed by atoms with van der Waals surface area (Å²) in [5, 5.41) is 26.6. The number of carbonyl (C=O) groups is 2. The van der Waals surface area contributed by atoms with Crippen LogP contribution >= 0.6 is 0 Å². The molecule has 0 saturated heterocycles. The Hall–Kier alpha value is -2.84. The van der Waals surface area contributed by atoms with Crippen molar-refractivity contribution in [3.05, 3.63) is 70.8 Å². The van der Waals surface area contributed by atoms with E-state index in [-0.39, 0.29) is 43.2 Å². The number of carboxylic acid groups (broad SMARTS) is 1. The van der Waals surface area contributed by atoms with Gasteiger partial charge >= 0.3 is 5.97 Å². The molecule has 214 valence electrons. The van der Waals surface area contributed by atoms with Crippen LogP contribution in [0.3, 0.4) is 0 Å². The van der Waals surface area contributed by atoms with E-state index >= 15 is 0 Å². The summed E-state index contributed by atoms with van der Waals surface area (Å²) >= 11 is 0. The van der Waals surface area contributed by atoms with Gasteiger partial charge in [0.1, 0.15) is 11.6 Å². The summed E-state index contributed by atoms with van der Waals surface area (Å²) < 4.78 is 27.7. The molecular weight excluding hydrogens is 502 g/mol. The van der Waals surface area contributed by atoms with Crippen molar-refractivity contribution in [3.8, 4) is 0 Å². The molecule has 1 aliphatic carbocycles. The third kappa shape index (κ3) is 9.11. The Morgan fingerprint density at radius 2 is 1.67 bits per heavy atom. The second-order valence-electron chi connectivity index (χ2n) is 11.8. The standard InChI is InChI=1S/C31H42F2N2O4/c1-30(2,3)22-9-7-10-23(18-22)31(13-5-4-6-14-31)34-20-27(36)26(35-28(37)11-8-12-29(38)39)17-21-15-24(32)19-25(33)16-21/h7,9-10,15-16,18-19,26-27,34,36H,4-6,8,11-14,17,20H2,1-3H3,(H,35,37)(H,38,39)/t26-,27+/m0/s1. The van der Waals surface area contributed by atoms with E-state index < -0.39 is 35.7 Å². The fourth-order valence-corrected chi connectivity index (χ4v) is 5.39. The van der Waals surface area contributed by atoms with Crippen LogP contribution in [0.25, 0.3) is 0 Å². The molecule has 0 spiro atoms. The van der Waals surface area contributed by atoms with Crippen LogP contribution in [-0.2, 0) is 27.0 Å². The first-order chi connectivity index (χ1) is 18.4. The molecule has 0 heterocycles. The Bertz CT molecular complexity index is 1110. The number of aliphatic hydroxyl groups excluding tert-OH is 1. The molecule has 4 N–H and O–H groups in total. The molecule has 6 nitrogen and oxygen atoms in total. The molecule has 2 aromatic carbocycles. The summed E-state index contributed by atoms with van der Waals surface area (Å²) in [6.07, 6.45) is 4.03. The lowest BCUT2D eigenvalue weighted by atomic mass is 9.74. The molecule has 0 unspecified atom stereocenters. The normalized spacial score (nSPS) is 16.9. The predicted octanol–water partition coefficient (Wildman–Crippen LogP) is 5.35. The average Bonchev–Trinajstić information content (AvgIpc) is 2.86. The Kier molecular flexibility index (Phi) is 10.6. The first kappa shape index (κ1) is 30.7. The number of aliphatic carboxylic acids is 1. The van der Waals surface area contributed by atoms with Gasteiger partial charge in [0, 0.05) is 31.0 Å². The van der Waals surface area contributed by atoms with Crippen molar-refractivity contribution in [2.24, 2.45) is 0 Å². The van der Waals surface area contributed by atoms with Crippen LogP contribution in [0.15, 0.2) is 42.5 Å². The maximum atomic E-state index is 13.9. The maximum Gasteiger partial charge on any atom is 0.303 e. The summed E-state index contributed by atoms with van der Waals surface area (Å²) in [5.41, 5.74) is 2.37. The fourth-order valence-electron chi connectivity index (χ4n) is 5.39. The molecule has 1 fully saturated rings. The Morgan fingerprint density at radius 3 is 2.28 bits per heavy atom. The number of halogens is 2. The van der Waals surface area contributed by atoms with Crippen molar-refractivity contribution in [2.75, 3.05) is 6.54 Å². The molecule has 1 saturated carbocycles. The van der Waals surface area contributed by atoms with Crippen LogP contribution in [-0.4, -0.2) is 40.8 Å². The lowest BCUT2D eigenvalue weighted by Gasteiger charge is -2.41. The molecule has 2 atom stereocenters. The minimum absolute atomic E-state index is 0.0123. The van der Waals surface area contributed by atoms with Crippen molar-refractivity contribution < 1.29 is 28.6 Å². The largest absolute Gasteiger partial charge is 0.481 e. The number of hydrogen-bond acceptors (Lipinski definition) is 4. The topological polar surface area (TPSA) is 98.7 Å². The summed E-state index contributed by atoms with van der Waals surface area (Å²) in [7, 11) is 0. The van der Waals surface area contributed by atoms with Crippen molar-refractivity contribution in [1.29, 1.82) is 0 Å². The van der Waals surface area contributed by atoms with E-state index in [2.05, 4.69) is 55.7 Å². The lowest BCUT2D eigenvalue weighted by molar-refractivity contribution is -0.137. The van der Waals surface area contributed by atoms with Crippen molar-refractivity contribution in [3.63, 3.8) is 0 Å². The molecule has 0 radical (unpaired) electrons. The minimum Gasteiger partial charge on any atom is -0.481 e. The third-order valence-electron chi connectivity index (χ3n) is 7.62. The van der Waals surface area contributed by atoms with E-state index in [1.54, 1.807) is 0 Å². The number of aliphatic hydroxyl groups is 1. The van der Waals surface area contributed by atoms with Gasteiger partial charge in [-0.05, 0) is 59.9 Å². The van der Waals surface area contributed by atoms with Crippen molar-refractivity contribution in [1.82, 2.24) is 10.6 Å². The average molecular weight is 545 g/mol. The van der Waals surface area contributed by atoms with Gasteiger partial charge in [-0.3, -0.25) is 9.59 Å². The monoisotopic (exact) mass is 544 g/mol. The molecule has 8 heteroatoms. The molecule has 0 aromatic heterocycles. The zero-order chi connectivity index (χ0) is 28.6. The number of benzene rings is 2. The highest BCUT2D eigenvalue weighted by atomic mass is 19.1. The SMILES string of the molecule is CC(C)(C)c1cccc(C2(NC[C@@H](O)[C@H](Cc3cc(F)cc(F)c3)NC(=O)CCCC(=O)O)CCCCC2)c1. The second kappa shape index (κ2) is 13.5.